The Morgan fingerprint density at radius 3 is 2.81 bits per heavy atom. The van der Waals surface area contributed by atoms with Gasteiger partial charge in [0, 0.05) is 5.02 Å². The lowest BCUT2D eigenvalue weighted by Gasteiger charge is -2.18. The molecule has 1 amide bonds. The lowest BCUT2D eigenvalue weighted by atomic mass is 10.0. The summed E-state index contributed by atoms with van der Waals surface area (Å²) >= 11 is 7.15. The molecule has 1 aromatic carbocycles. The summed E-state index contributed by atoms with van der Waals surface area (Å²) in [6.07, 6.45) is 0.503. The van der Waals surface area contributed by atoms with Crippen LogP contribution in [0.3, 0.4) is 0 Å². The monoisotopic (exact) mass is 397 g/mol. The molecule has 1 N–H and O–H groups in total. The van der Waals surface area contributed by atoms with E-state index in [0.717, 1.165) is 11.8 Å². The fourth-order valence-electron chi connectivity index (χ4n) is 2.23. The van der Waals surface area contributed by atoms with Gasteiger partial charge in [-0.3, -0.25) is 4.79 Å². The highest BCUT2D eigenvalue weighted by Gasteiger charge is 2.23. The number of methoxy groups -OCH3 is 1. The van der Waals surface area contributed by atoms with Gasteiger partial charge < -0.3 is 10.1 Å². The molecule has 2 aromatic rings. The number of esters is 1. The van der Waals surface area contributed by atoms with Gasteiger partial charge in [-0.2, -0.15) is 4.68 Å². The maximum absolute atomic E-state index is 12.2. The van der Waals surface area contributed by atoms with Crippen LogP contribution in [0.5, 0.6) is 0 Å². The van der Waals surface area contributed by atoms with E-state index in [4.69, 9.17) is 16.3 Å². The second kappa shape index (κ2) is 9.54. The van der Waals surface area contributed by atoms with Gasteiger partial charge in [0.25, 0.3) is 0 Å². The van der Waals surface area contributed by atoms with Gasteiger partial charge in [-0.25, -0.2) is 4.79 Å². The molecule has 0 aliphatic heterocycles. The van der Waals surface area contributed by atoms with E-state index in [1.54, 1.807) is 18.2 Å². The lowest BCUT2D eigenvalue weighted by Crippen LogP contribution is -2.43. The van der Waals surface area contributed by atoms with E-state index >= 15 is 0 Å². The molecule has 0 spiro atoms. The number of carbonyl (C=O) groups excluding carboxylic acids is 2. The molecular formula is C16H20ClN5O3S. The molecule has 2 rings (SSSR count). The summed E-state index contributed by atoms with van der Waals surface area (Å²) in [6, 6.07) is 6.39. The molecule has 10 heteroatoms. The van der Waals surface area contributed by atoms with Gasteiger partial charge >= 0.3 is 5.97 Å². The van der Waals surface area contributed by atoms with Crippen molar-refractivity contribution < 1.29 is 14.3 Å². The van der Waals surface area contributed by atoms with Crippen LogP contribution in [0.2, 0.25) is 5.02 Å². The molecule has 0 radical (unpaired) electrons. The van der Waals surface area contributed by atoms with Crippen molar-refractivity contribution in [1.82, 2.24) is 25.5 Å². The maximum atomic E-state index is 12.2. The summed E-state index contributed by atoms with van der Waals surface area (Å²) in [4.78, 5) is 24.0. The average Bonchev–Trinajstić information content (AvgIpc) is 3.07. The topological polar surface area (TPSA) is 99.0 Å². The molecule has 26 heavy (non-hydrogen) atoms. The third-order valence-electron chi connectivity index (χ3n) is 3.35. The number of rotatable bonds is 8. The van der Waals surface area contributed by atoms with Gasteiger partial charge in [0.05, 0.1) is 18.6 Å². The van der Waals surface area contributed by atoms with E-state index in [1.165, 1.54) is 11.8 Å². The normalized spacial score (nSPS) is 12.0. The Morgan fingerprint density at radius 2 is 2.15 bits per heavy atom. The van der Waals surface area contributed by atoms with Crippen LogP contribution in [0.1, 0.15) is 20.3 Å². The highest BCUT2D eigenvalue weighted by atomic mass is 35.5. The third-order valence-corrected chi connectivity index (χ3v) is 4.51. The second-order valence-electron chi connectivity index (χ2n) is 5.91. The summed E-state index contributed by atoms with van der Waals surface area (Å²) in [5, 5.41) is 15.2. The Labute approximate surface area is 160 Å². The number of hydrogen-bond donors (Lipinski definition) is 1. The summed E-state index contributed by atoms with van der Waals surface area (Å²) in [5.74, 6) is -0.457. The van der Waals surface area contributed by atoms with Crippen LogP contribution >= 0.6 is 23.4 Å². The SMILES string of the molecule is COC(=O)[C@@H](CC(C)C)NC(=O)CSc1nnnn1-c1cccc(Cl)c1. The summed E-state index contributed by atoms with van der Waals surface area (Å²) in [7, 11) is 1.30. The fourth-order valence-corrected chi connectivity index (χ4v) is 3.12. The molecule has 0 aliphatic carbocycles. The van der Waals surface area contributed by atoms with E-state index in [0.29, 0.717) is 22.3 Å². The molecule has 1 heterocycles. The highest BCUT2D eigenvalue weighted by molar-refractivity contribution is 7.99. The zero-order valence-electron chi connectivity index (χ0n) is 14.7. The minimum Gasteiger partial charge on any atom is -0.467 e. The van der Waals surface area contributed by atoms with Crippen LogP contribution in [0.15, 0.2) is 29.4 Å². The predicted octanol–water partition coefficient (Wildman–Crippen LogP) is 2.11. The minimum absolute atomic E-state index is 0.0620. The molecule has 0 bridgehead atoms. The van der Waals surface area contributed by atoms with Crippen LogP contribution < -0.4 is 5.32 Å². The quantitative estimate of drug-likeness (QED) is 0.538. The second-order valence-corrected chi connectivity index (χ2v) is 7.29. The zero-order valence-corrected chi connectivity index (χ0v) is 16.3. The van der Waals surface area contributed by atoms with Gasteiger partial charge in [-0.1, -0.05) is 43.3 Å². The van der Waals surface area contributed by atoms with Gasteiger partial charge in [0.2, 0.25) is 11.1 Å². The number of nitrogens with one attached hydrogen (secondary N) is 1. The number of hydrogen-bond acceptors (Lipinski definition) is 7. The molecule has 0 saturated carbocycles. The molecular weight excluding hydrogens is 378 g/mol. The van der Waals surface area contributed by atoms with Crippen molar-refractivity contribution in [1.29, 1.82) is 0 Å². The molecule has 1 atom stereocenters. The van der Waals surface area contributed by atoms with Crippen molar-refractivity contribution in [2.24, 2.45) is 5.92 Å². The Balaban J connectivity index is 1.99. The van der Waals surface area contributed by atoms with Crippen molar-refractivity contribution in [2.45, 2.75) is 31.5 Å². The van der Waals surface area contributed by atoms with Crippen molar-refractivity contribution in [3.8, 4) is 5.69 Å². The maximum Gasteiger partial charge on any atom is 0.328 e. The van der Waals surface area contributed by atoms with Crippen LogP contribution in [0.4, 0.5) is 0 Å². The number of amides is 1. The van der Waals surface area contributed by atoms with Gasteiger partial charge in [-0.05, 0) is 41.0 Å². The highest BCUT2D eigenvalue weighted by Crippen LogP contribution is 2.20. The molecule has 0 fully saturated rings. The first kappa shape index (κ1) is 20.2. The molecule has 1 aromatic heterocycles. The van der Waals surface area contributed by atoms with Gasteiger partial charge in [-0.15, -0.1) is 5.10 Å². The van der Waals surface area contributed by atoms with Crippen LogP contribution in [0.25, 0.3) is 5.69 Å². The number of thioether (sulfide) groups is 1. The number of tetrazole rings is 1. The predicted molar refractivity (Wildman–Crippen MR) is 98.3 cm³/mol. The molecule has 0 unspecified atom stereocenters. The van der Waals surface area contributed by atoms with Crippen LogP contribution in [0, 0.1) is 5.92 Å². The average molecular weight is 398 g/mol. The summed E-state index contributed by atoms with van der Waals surface area (Å²) in [5.41, 5.74) is 0.692. The molecule has 0 saturated heterocycles. The first-order chi connectivity index (χ1) is 12.4. The van der Waals surface area contributed by atoms with Gasteiger partial charge in [0.15, 0.2) is 0 Å². The van der Waals surface area contributed by atoms with Crippen molar-refractivity contribution in [2.75, 3.05) is 12.9 Å². The van der Waals surface area contributed by atoms with E-state index in [-0.39, 0.29) is 17.6 Å². The molecule has 8 nitrogen and oxygen atoms in total. The van der Waals surface area contributed by atoms with Crippen LogP contribution in [-0.2, 0) is 14.3 Å². The standard InChI is InChI=1S/C16H20ClN5O3S/c1-10(2)7-13(15(24)25-3)18-14(23)9-26-16-19-20-21-22(16)12-6-4-5-11(17)8-12/h4-6,8,10,13H,7,9H2,1-3H3,(H,18,23)/t13-/m1/s1. The van der Waals surface area contributed by atoms with Crippen molar-refractivity contribution in [3.05, 3.63) is 29.3 Å². The smallest absolute Gasteiger partial charge is 0.328 e. The lowest BCUT2D eigenvalue weighted by molar-refractivity contribution is -0.145. The summed E-state index contributed by atoms with van der Waals surface area (Å²) in [6.45, 7) is 3.94. The molecule has 140 valence electrons. The van der Waals surface area contributed by atoms with Crippen molar-refractivity contribution in [3.63, 3.8) is 0 Å². The number of ether oxygens (including phenoxy) is 1. The number of benzene rings is 1. The molecule has 0 aliphatic rings. The zero-order chi connectivity index (χ0) is 19.1. The third kappa shape index (κ3) is 5.70. The van der Waals surface area contributed by atoms with E-state index < -0.39 is 12.0 Å². The van der Waals surface area contributed by atoms with Crippen molar-refractivity contribution >= 4 is 35.2 Å². The van der Waals surface area contributed by atoms with E-state index in [9.17, 15) is 9.59 Å². The Kier molecular flexibility index (Phi) is 7.40. The Hall–Kier alpha value is -2.13. The number of carbonyl (C=O) groups is 2. The number of nitrogens with zero attached hydrogens (tertiary/aromatic N) is 4. The first-order valence-corrected chi connectivity index (χ1v) is 9.31. The van der Waals surface area contributed by atoms with Gasteiger partial charge in [0.1, 0.15) is 6.04 Å². The summed E-state index contributed by atoms with van der Waals surface area (Å²) < 4.78 is 6.24. The Morgan fingerprint density at radius 1 is 1.38 bits per heavy atom. The van der Waals surface area contributed by atoms with E-state index in [1.807, 2.05) is 19.9 Å². The minimum atomic E-state index is -0.669. The largest absolute Gasteiger partial charge is 0.467 e. The van der Waals surface area contributed by atoms with E-state index in [2.05, 4.69) is 20.8 Å². The first-order valence-electron chi connectivity index (χ1n) is 7.95. The number of halogens is 1. The fraction of sp³-hybridized carbons (Fsp3) is 0.438. The Bertz CT molecular complexity index is 768. The van der Waals surface area contributed by atoms with Crippen LogP contribution in [-0.4, -0.2) is 51.0 Å². The number of aromatic nitrogens is 4.